The number of amides is 1. The molecular formula is C27H23F3N6O2. The van der Waals surface area contributed by atoms with E-state index in [1.54, 1.807) is 24.3 Å². The molecule has 8 nitrogen and oxygen atoms in total. The van der Waals surface area contributed by atoms with Gasteiger partial charge in [-0.3, -0.25) is 4.79 Å². The fraction of sp³-hybridized carbons (Fsp3) is 0.259. The van der Waals surface area contributed by atoms with Crippen molar-refractivity contribution in [3.63, 3.8) is 0 Å². The second-order valence-electron chi connectivity index (χ2n) is 9.57. The Morgan fingerprint density at radius 1 is 1.08 bits per heavy atom. The second kappa shape index (κ2) is 8.86. The van der Waals surface area contributed by atoms with Gasteiger partial charge in [0.05, 0.1) is 23.0 Å². The van der Waals surface area contributed by atoms with Crippen LogP contribution in [0, 0.1) is 5.92 Å². The van der Waals surface area contributed by atoms with Gasteiger partial charge in [0.25, 0.3) is 0 Å². The van der Waals surface area contributed by atoms with E-state index in [1.165, 1.54) is 24.5 Å². The molecule has 1 saturated carbocycles. The van der Waals surface area contributed by atoms with Crippen LogP contribution in [0.4, 0.5) is 19.0 Å². The molecule has 11 heteroatoms. The molecule has 0 spiro atoms. The first-order valence-electron chi connectivity index (χ1n) is 12.1. The topological polar surface area (TPSA) is 99.2 Å². The number of likely N-dealkylation sites (tertiary alicyclic amines) is 1. The molecule has 2 bridgehead atoms. The SMILES string of the molecule is C=CC(=O)N1CC2CC1C(n1nc(-c3ccc(Oc4cccc(C(F)(F)F)c4)cc3)c3c(N)ncnc31)C2. The van der Waals surface area contributed by atoms with Gasteiger partial charge in [-0.2, -0.15) is 18.3 Å². The van der Waals surface area contributed by atoms with Gasteiger partial charge >= 0.3 is 6.18 Å². The number of aromatic nitrogens is 4. The zero-order chi connectivity index (χ0) is 26.6. The Hall–Kier alpha value is -4.41. The second-order valence-corrected chi connectivity index (χ2v) is 9.57. The summed E-state index contributed by atoms with van der Waals surface area (Å²) in [7, 11) is 0. The van der Waals surface area contributed by atoms with Crippen LogP contribution >= 0.6 is 0 Å². The van der Waals surface area contributed by atoms with Crippen LogP contribution in [0.3, 0.4) is 0 Å². The maximum atomic E-state index is 13.0. The number of carbonyl (C=O) groups excluding carboxylic acids is 1. The lowest BCUT2D eigenvalue weighted by atomic mass is 10.1. The zero-order valence-corrected chi connectivity index (χ0v) is 20.1. The minimum absolute atomic E-state index is 0.0131. The summed E-state index contributed by atoms with van der Waals surface area (Å²) in [6.07, 6.45) is 0.0392. The predicted octanol–water partition coefficient (Wildman–Crippen LogP) is 5.23. The number of alkyl halides is 3. The van der Waals surface area contributed by atoms with Gasteiger partial charge in [0.1, 0.15) is 29.3 Å². The standard InChI is InChI=1S/C27H23F3N6O2/c1-2-22(37)35-13-15-10-20(35)21(11-15)36-26-23(25(31)32-14-33-26)24(34-36)16-6-8-18(9-7-16)38-19-5-3-4-17(12-19)27(28,29)30/h2-9,12,14-15,20-21H,1,10-11,13H2,(H2,31,32,33). The average molecular weight is 521 g/mol. The van der Waals surface area contributed by atoms with Gasteiger partial charge < -0.3 is 15.4 Å². The molecule has 1 amide bonds. The van der Waals surface area contributed by atoms with Crippen LogP contribution in [0.15, 0.2) is 67.5 Å². The van der Waals surface area contributed by atoms with Crippen molar-refractivity contribution in [1.29, 1.82) is 0 Å². The number of rotatable bonds is 5. The fourth-order valence-electron chi connectivity index (χ4n) is 5.61. The van der Waals surface area contributed by atoms with Gasteiger partial charge in [-0.05, 0) is 67.3 Å². The van der Waals surface area contributed by atoms with E-state index in [4.69, 9.17) is 15.6 Å². The lowest BCUT2D eigenvalue weighted by molar-refractivity contribution is -0.137. The molecule has 2 aromatic heterocycles. The van der Waals surface area contributed by atoms with E-state index in [0.717, 1.165) is 25.0 Å². The Balaban J connectivity index is 1.33. The molecule has 6 rings (SSSR count). The number of fused-ring (bicyclic) bond motifs is 3. The number of hydrogen-bond acceptors (Lipinski definition) is 6. The number of anilines is 1. The first-order chi connectivity index (χ1) is 18.2. The van der Waals surface area contributed by atoms with Crippen LogP contribution in [0.1, 0.15) is 24.4 Å². The van der Waals surface area contributed by atoms with E-state index in [-0.39, 0.29) is 29.6 Å². The Bertz CT molecular complexity index is 1550. The van der Waals surface area contributed by atoms with Gasteiger partial charge in [-0.1, -0.05) is 12.6 Å². The van der Waals surface area contributed by atoms with Gasteiger partial charge in [0.15, 0.2) is 5.65 Å². The summed E-state index contributed by atoms with van der Waals surface area (Å²) in [5.74, 6) is 1.01. The van der Waals surface area contributed by atoms with Crippen LogP contribution < -0.4 is 10.5 Å². The fourth-order valence-corrected chi connectivity index (χ4v) is 5.61. The summed E-state index contributed by atoms with van der Waals surface area (Å²) in [6.45, 7) is 4.34. The maximum absolute atomic E-state index is 13.0. The van der Waals surface area contributed by atoms with Gasteiger partial charge in [0.2, 0.25) is 5.91 Å². The monoisotopic (exact) mass is 520 g/mol. The Labute approximate surface area is 215 Å². The number of halogens is 3. The van der Waals surface area contributed by atoms with E-state index in [9.17, 15) is 18.0 Å². The minimum atomic E-state index is -4.46. The number of benzene rings is 2. The van der Waals surface area contributed by atoms with Crippen molar-refractivity contribution < 1.29 is 22.7 Å². The molecule has 2 aromatic carbocycles. The molecule has 1 aliphatic heterocycles. The highest BCUT2D eigenvalue weighted by Gasteiger charge is 2.48. The van der Waals surface area contributed by atoms with Crippen LogP contribution in [0.2, 0.25) is 0 Å². The van der Waals surface area contributed by atoms with Gasteiger partial charge in [-0.25, -0.2) is 14.6 Å². The highest BCUT2D eigenvalue weighted by Crippen LogP contribution is 2.46. The number of nitrogen functional groups attached to an aromatic ring is 1. The summed E-state index contributed by atoms with van der Waals surface area (Å²) < 4.78 is 46.6. The summed E-state index contributed by atoms with van der Waals surface area (Å²) in [5.41, 5.74) is 7.35. The lowest BCUT2D eigenvalue weighted by Gasteiger charge is -2.32. The summed E-state index contributed by atoms with van der Waals surface area (Å²) in [4.78, 5) is 22.9. The van der Waals surface area contributed by atoms with Crippen molar-refractivity contribution in [2.75, 3.05) is 12.3 Å². The molecule has 1 aliphatic carbocycles. The molecule has 3 atom stereocenters. The molecule has 194 valence electrons. The first kappa shape index (κ1) is 24.0. The lowest BCUT2D eigenvalue weighted by Crippen LogP contribution is -2.42. The van der Waals surface area contributed by atoms with Crippen molar-refractivity contribution >= 4 is 22.8 Å². The number of carbonyl (C=O) groups is 1. The first-order valence-corrected chi connectivity index (χ1v) is 12.1. The number of nitrogens with two attached hydrogens (primary N) is 1. The molecular weight excluding hydrogens is 497 g/mol. The third-order valence-electron chi connectivity index (χ3n) is 7.26. The van der Waals surface area contributed by atoms with Crippen molar-refractivity contribution in [1.82, 2.24) is 24.6 Å². The van der Waals surface area contributed by atoms with E-state index in [2.05, 4.69) is 16.5 Å². The van der Waals surface area contributed by atoms with Crippen molar-refractivity contribution in [2.24, 2.45) is 5.92 Å². The highest BCUT2D eigenvalue weighted by atomic mass is 19.4. The maximum Gasteiger partial charge on any atom is 0.416 e. The molecule has 4 aromatic rings. The molecule has 2 fully saturated rings. The summed E-state index contributed by atoms with van der Waals surface area (Å²) in [6, 6.07) is 11.5. The number of hydrogen-bond donors (Lipinski definition) is 1. The normalized spacial score (nSPS) is 20.7. The Kier molecular flexibility index (Phi) is 5.59. The molecule has 38 heavy (non-hydrogen) atoms. The molecule has 3 unspecified atom stereocenters. The minimum Gasteiger partial charge on any atom is -0.457 e. The number of nitrogens with zero attached hydrogens (tertiary/aromatic N) is 5. The Morgan fingerprint density at radius 2 is 1.84 bits per heavy atom. The van der Waals surface area contributed by atoms with Gasteiger partial charge in [-0.15, -0.1) is 0 Å². The van der Waals surface area contributed by atoms with E-state index < -0.39 is 11.7 Å². The molecule has 3 heterocycles. The number of piperidine rings is 1. The van der Waals surface area contributed by atoms with Gasteiger partial charge in [0, 0.05) is 12.1 Å². The third kappa shape index (κ3) is 4.04. The zero-order valence-electron chi connectivity index (χ0n) is 20.1. The van der Waals surface area contributed by atoms with Crippen molar-refractivity contribution in [3.8, 4) is 22.8 Å². The Morgan fingerprint density at radius 3 is 2.55 bits per heavy atom. The summed E-state index contributed by atoms with van der Waals surface area (Å²) in [5, 5.41) is 5.50. The smallest absolute Gasteiger partial charge is 0.416 e. The third-order valence-corrected chi connectivity index (χ3v) is 7.26. The van der Waals surface area contributed by atoms with Crippen molar-refractivity contribution in [3.05, 3.63) is 73.1 Å². The van der Waals surface area contributed by atoms with E-state index in [1.807, 2.05) is 9.58 Å². The molecule has 1 saturated heterocycles. The van der Waals surface area contributed by atoms with E-state index >= 15 is 0 Å². The predicted molar refractivity (Wildman–Crippen MR) is 134 cm³/mol. The van der Waals surface area contributed by atoms with E-state index in [0.29, 0.717) is 40.5 Å². The summed E-state index contributed by atoms with van der Waals surface area (Å²) >= 11 is 0. The molecule has 0 radical (unpaired) electrons. The quantitative estimate of drug-likeness (QED) is 0.362. The highest BCUT2D eigenvalue weighted by molar-refractivity contribution is 5.98. The molecule has 2 aliphatic rings. The van der Waals surface area contributed by atoms with Crippen LogP contribution in [0.25, 0.3) is 22.3 Å². The average Bonchev–Trinajstić information content (AvgIpc) is 3.62. The van der Waals surface area contributed by atoms with Crippen LogP contribution in [0.5, 0.6) is 11.5 Å². The largest absolute Gasteiger partial charge is 0.457 e. The number of ether oxygens (including phenoxy) is 1. The van der Waals surface area contributed by atoms with Crippen LogP contribution in [-0.4, -0.2) is 43.1 Å². The van der Waals surface area contributed by atoms with Crippen molar-refractivity contribution in [2.45, 2.75) is 31.1 Å². The van der Waals surface area contributed by atoms with Crippen LogP contribution in [-0.2, 0) is 11.0 Å². The molecule has 2 N–H and O–H groups in total.